The van der Waals surface area contributed by atoms with Crippen molar-refractivity contribution >= 4 is 10.4 Å². The topological polar surface area (TPSA) is 63.6 Å². The summed E-state index contributed by atoms with van der Waals surface area (Å²) in [5, 5.41) is 0. The summed E-state index contributed by atoms with van der Waals surface area (Å²) in [4.78, 5) is 0. The van der Waals surface area contributed by atoms with Crippen molar-refractivity contribution in [2.75, 3.05) is 6.61 Å². The van der Waals surface area contributed by atoms with Crippen molar-refractivity contribution in [3.8, 4) is 0 Å². The first kappa shape index (κ1) is 12.5. The lowest BCUT2D eigenvalue weighted by molar-refractivity contribution is -0.290. The SMILES string of the molecule is O=S(=O)(O)OCC(F)(F)C(F)(F)F. The second-order valence-corrected chi connectivity index (χ2v) is 2.98. The second kappa shape index (κ2) is 3.35. The minimum Gasteiger partial charge on any atom is -0.264 e. The normalized spacial score (nSPS) is 14.6. The maximum atomic E-state index is 11.8. The molecule has 0 saturated carbocycles. The lowest BCUT2D eigenvalue weighted by Crippen LogP contribution is -2.41. The third-order valence-electron chi connectivity index (χ3n) is 0.804. The molecule has 1 N–H and O–H groups in total. The van der Waals surface area contributed by atoms with Crippen molar-refractivity contribution < 1.29 is 39.1 Å². The molecule has 0 aromatic rings. The van der Waals surface area contributed by atoms with Gasteiger partial charge in [-0.05, 0) is 0 Å². The Morgan fingerprint density at radius 1 is 1.15 bits per heavy atom. The van der Waals surface area contributed by atoms with Gasteiger partial charge in [0.05, 0.1) is 0 Å². The molecule has 0 bridgehead atoms. The number of rotatable bonds is 3. The van der Waals surface area contributed by atoms with Crippen LogP contribution in [-0.2, 0) is 14.6 Å². The van der Waals surface area contributed by atoms with E-state index < -0.39 is 29.1 Å². The van der Waals surface area contributed by atoms with Gasteiger partial charge in [0.25, 0.3) is 0 Å². The van der Waals surface area contributed by atoms with Gasteiger partial charge in [-0.3, -0.25) is 4.55 Å². The van der Waals surface area contributed by atoms with Crippen LogP contribution in [0, 0.1) is 0 Å². The van der Waals surface area contributed by atoms with E-state index in [1.165, 1.54) is 0 Å². The smallest absolute Gasteiger partial charge is 0.264 e. The first-order valence-electron chi connectivity index (χ1n) is 2.52. The maximum Gasteiger partial charge on any atom is 0.455 e. The van der Waals surface area contributed by atoms with Gasteiger partial charge >= 0.3 is 22.5 Å². The molecule has 13 heavy (non-hydrogen) atoms. The second-order valence-electron chi connectivity index (χ2n) is 1.89. The molecular formula is C3H3F5O4S. The third kappa shape index (κ3) is 4.33. The Hall–Kier alpha value is -0.480. The van der Waals surface area contributed by atoms with Crippen LogP contribution in [0.15, 0.2) is 0 Å². The molecule has 0 aromatic carbocycles. The van der Waals surface area contributed by atoms with E-state index in [4.69, 9.17) is 4.55 Å². The predicted molar refractivity (Wildman–Crippen MR) is 28.5 cm³/mol. The number of alkyl halides is 5. The van der Waals surface area contributed by atoms with Crippen molar-refractivity contribution in [1.82, 2.24) is 0 Å². The van der Waals surface area contributed by atoms with Crippen molar-refractivity contribution in [2.24, 2.45) is 0 Å². The molecule has 0 fully saturated rings. The summed E-state index contributed by atoms with van der Waals surface area (Å²) in [6.45, 7) is -2.48. The zero-order chi connectivity index (χ0) is 10.9. The van der Waals surface area contributed by atoms with Gasteiger partial charge in [0.1, 0.15) is 6.61 Å². The molecule has 0 amide bonds. The predicted octanol–water partition coefficient (Wildman–Crippen LogP) is 1.00. The number of hydrogen-bond acceptors (Lipinski definition) is 3. The minimum absolute atomic E-state index is 2.48. The molecule has 0 unspecified atom stereocenters. The van der Waals surface area contributed by atoms with Crippen LogP contribution in [-0.4, -0.2) is 31.7 Å². The Morgan fingerprint density at radius 3 is 1.77 bits per heavy atom. The summed E-state index contributed by atoms with van der Waals surface area (Å²) in [5.74, 6) is -5.32. The Bertz CT molecular complexity index is 266. The molecule has 0 atom stereocenters. The van der Waals surface area contributed by atoms with Gasteiger partial charge in [-0.1, -0.05) is 0 Å². The molecule has 0 aliphatic rings. The van der Waals surface area contributed by atoms with E-state index in [0.29, 0.717) is 0 Å². The average Bonchev–Trinajstić information content (AvgIpc) is 1.79. The molecule has 0 heterocycles. The highest BCUT2D eigenvalue weighted by Crippen LogP contribution is 2.35. The van der Waals surface area contributed by atoms with E-state index in [-0.39, 0.29) is 0 Å². The fourth-order valence-corrected chi connectivity index (χ4v) is 0.527. The van der Waals surface area contributed by atoms with E-state index in [0.717, 1.165) is 0 Å². The Morgan fingerprint density at radius 2 is 1.54 bits per heavy atom. The first-order valence-corrected chi connectivity index (χ1v) is 3.88. The van der Waals surface area contributed by atoms with Crippen molar-refractivity contribution in [3.63, 3.8) is 0 Å². The summed E-state index contributed by atoms with van der Waals surface area (Å²) in [6, 6.07) is 0. The van der Waals surface area contributed by atoms with Gasteiger partial charge in [0, 0.05) is 0 Å². The summed E-state index contributed by atoms with van der Waals surface area (Å²) in [7, 11) is -5.30. The van der Waals surface area contributed by atoms with Gasteiger partial charge < -0.3 is 0 Å². The molecule has 0 aliphatic heterocycles. The van der Waals surface area contributed by atoms with E-state index in [9.17, 15) is 30.4 Å². The number of hydrogen-bond donors (Lipinski definition) is 1. The van der Waals surface area contributed by atoms with Crippen LogP contribution in [0.5, 0.6) is 0 Å². The van der Waals surface area contributed by atoms with E-state index >= 15 is 0 Å². The van der Waals surface area contributed by atoms with Gasteiger partial charge in [-0.15, -0.1) is 0 Å². The summed E-state index contributed by atoms with van der Waals surface area (Å²) < 4.78 is 87.4. The molecular weight excluding hydrogens is 227 g/mol. The summed E-state index contributed by atoms with van der Waals surface area (Å²) in [5.41, 5.74) is 0. The monoisotopic (exact) mass is 230 g/mol. The number of halogens is 5. The highest BCUT2D eigenvalue weighted by molar-refractivity contribution is 7.80. The highest BCUT2D eigenvalue weighted by atomic mass is 32.3. The van der Waals surface area contributed by atoms with Crippen molar-refractivity contribution in [3.05, 3.63) is 0 Å². The molecule has 0 spiro atoms. The van der Waals surface area contributed by atoms with Crippen LogP contribution in [0.4, 0.5) is 22.0 Å². The Balaban J connectivity index is 4.38. The lowest BCUT2D eigenvalue weighted by Gasteiger charge is -2.17. The Labute approximate surface area is 69.2 Å². The van der Waals surface area contributed by atoms with Crippen LogP contribution < -0.4 is 0 Å². The maximum absolute atomic E-state index is 11.8. The average molecular weight is 230 g/mol. The molecule has 10 heteroatoms. The molecule has 0 aliphatic carbocycles. The van der Waals surface area contributed by atoms with Gasteiger partial charge in [-0.2, -0.15) is 30.4 Å². The van der Waals surface area contributed by atoms with Crippen molar-refractivity contribution in [2.45, 2.75) is 12.1 Å². The Kier molecular flexibility index (Phi) is 3.22. The van der Waals surface area contributed by atoms with Crippen LogP contribution in [0.3, 0.4) is 0 Å². The van der Waals surface area contributed by atoms with Crippen LogP contribution >= 0.6 is 0 Å². The van der Waals surface area contributed by atoms with Crippen LogP contribution in [0.2, 0.25) is 0 Å². The van der Waals surface area contributed by atoms with Gasteiger partial charge in [-0.25, -0.2) is 4.18 Å². The molecule has 4 nitrogen and oxygen atoms in total. The molecule has 0 saturated heterocycles. The fourth-order valence-electron chi connectivity index (χ4n) is 0.230. The zero-order valence-corrected chi connectivity index (χ0v) is 6.49. The van der Waals surface area contributed by atoms with Crippen LogP contribution in [0.1, 0.15) is 0 Å². The van der Waals surface area contributed by atoms with Gasteiger partial charge in [0.15, 0.2) is 0 Å². The van der Waals surface area contributed by atoms with E-state index in [1.54, 1.807) is 0 Å². The van der Waals surface area contributed by atoms with Crippen LogP contribution in [0.25, 0.3) is 0 Å². The third-order valence-corrected chi connectivity index (χ3v) is 1.22. The molecule has 0 rings (SSSR count). The van der Waals surface area contributed by atoms with E-state index in [1.807, 2.05) is 0 Å². The largest absolute Gasteiger partial charge is 0.455 e. The summed E-state index contributed by atoms with van der Waals surface area (Å²) >= 11 is 0. The molecule has 80 valence electrons. The quantitative estimate of drug-likeness (QED) is 0.580. The van der Waals surface area contributed by atoms with Crippen molar-refractivity contribution in [1.29, 1.82) is 0 Å². The van der Waals surface area contributed by atoms with Gasteiger partial charge in [0.2, 0.25) is 0 Å². The zero-order valence-electron chi connectivity index (χ0n) is 5.68. The summed E-state index contributed by atoms with van der Waals surface area (Å²) in [6.07, 6.45) is -5.92. The molecule has 0 radical (unpaired) electrons. The lowest BCUT2D eigenvalue weighted by atomic mass is 10.3. The standard InChI is InChI=1S/C3H3F5O4S/c4-2(5,3(6,7)8)1-12-13(9,10)11/h1H2,(H,9,10,11). The first-order chi connectivity index (χ1) is 5.46. The molecule has 0 aromatic heterocycles. The minimum atomic E-state index is -5.92. The fraction of sp³-hybridized carbons (Fsp3) is 1.00. The highest BCUT2D eigenvalue weighted by Gasteiger charge is 2.58. The van der Waals surface area contributed by atoms with E-state index in [2.05, 4.69) is 4.18 Å².